The molecule has 0 spiro atoms. The van der Waals surface area contributed by atoms with Gasteiger partial charge >= 0.3 is 0 Å². The van der Waals surface area contributed by atoms with E-state index >= 15 is 0 Å². The first kappa shape index (κ1) is 82.6. The lowest BCUT2D eigenvalue weighted by Crippen LogP contribution is -2.32. The maximum atomic E-state index is 2.48. The molecule has 0 atom stereocenters. The van der Waals surface area contributed by atoms with E-state index in [2.05, 4.69) is 419 Å². The van der Waals surface area contributed by atoms with Crippen LogP contribution in [0.3, 0.4) is 0 Å². The molecule has 2 fully saturated rings. The number of aryl methyl sites for hydroxylation is 13. The van der Waals surface area contributed by atoms with Crippen LogP contribution in [0.1, 0.15) is 265 Å². The van der Waals surface area contributed by atoms with Crippen molar-refractivity contribution in [1.29, 1.82) is 0 Å². The zero-order valence-corrected chi connectivity index (χ0v) is 71.9. The fraction of sp³-hybridized carbons (Fsp3) is 0.351. The van der Waals surface area contributed by atoms with Gasteiger partial charge in [-0.2, -0.15) is 0 Å². The molecule has 0 unspecified atom stereocenters. The van der Waals surface area contributed by atoms with Gasteiger partial charge in [-0.05, 0) is 261 Å². The van der Waals surface area contributed by atoms with Crippen LogP contribution in [0, 0.1) is 102 Å². The third-order valence-electron chi connectivity index (χ3n) is 26.9. The molecule has 0 aromatic heterocycles. The monoisotopic (exact) mass is 1460 g/mol. The molecule has 2 saturated carbocycles. The standard InChI is InChI=1S/C29H26.C26H36.C20H24.C19H24.C17H20/c1-19-13-15-23(17-21(19)3)29(24-16-14-20(2)22(4)18-24)27-11-7-5-9-25(27)26-10-6-8-12-28(26)29;1-19-10-14-21(15-11-19)25(3,4)23-8-7-9-24(18-23)26(5,6)22-16-12-20(2)13-17-22;1-16-6-10-18(11-7-16)20(14-4-3-5-15-20)19-12-8-17(2)9-13-19;1-13-7-9-17(11-15(13)3)19(5,6)18-10-8-14(2)16(4)12-18;1-13-5-9-15(10-6-13)17(3,4)16-11-7-14(2)8-12-16/h5-18H,1-4H3;7-11,14-15,18,20,22H,12-13,16-17H2,1-6H3;6-13H,3-5,14-15H2,1-2H3;7-12H,1-6H3;5-12H,1-4H3. The highest BCUT2D eigenvalue weighted by Crippen LogP contribution is 2.57. The maximum absolute atomic E-state index is 2.48. The van der Waals surface area contributed by atoms with Crippen LogP contribution in [0.4, 0.5) is 0 Å². The molecule has 0 nitrogen and oxygen atoms in total. The molecule has 0 bridgehead atoms. The first-order valence-corrected chi connectivity index (χ1v) is 41.7. The van der Waals surface area contributed by atoms with Gasteiger partial charge < -0.3 is 0 Å². The lowest BCUT2D eigenvalue weighted by molar-refractivity contribution is 0.202. The van der Waals surface area contributed by atoms with Crippen molar-refractivity contribution in [1.82, 2.24) is 0 Å². The third kappa shape index (κ3) is 18.1. The SMILES string of the molecule is Cc1ccc(C(C)(C)c2ccc(C)c(C)c2)cc1C.Cc1ccc(C(C)(C)c2ccc(C)cc2)cc1.Cc1ccc(C(C)(C)c2cccc(C(C)(C)C3CCC(C)CC3)c2)cc1.Cc1ccc(C2(c3ccc(C)c(C)c3)c3ccccc3-c3ccccc32)cc1C.Cc1ccc(C2(c3ccc(C)cc3)CCCCC2)cc1. The summed E-state index contributed by atoms with van der Waals surface area (Å²) >= 11 is 0. The molecule has 15 rings (SSSR count). The van der Waals surface area contributed by atoms with E-state index in [-0.39, 0.29) is 32.5 Å². The summed E-state index contributed by atoms with van der Waals surface area (Å²) in [5.41, 5.74) is 38.8. The highest BCUT2D eigenvalue weighted by Gasteiger charge is 2.46. The van der Waals surface area contributed by atoms with Crippen molar-refractivity contribution < 1.29 is 0 Å². The molecule has 0 radical (unpaired) electrons. The van der Waals surface area contributed by atoms with Gasteiger partial charge in [0, 0.05) is 21.7 Å². The smallest absolute Gasteiger partial charge is 0.0625 e. The molecule has 0 saturated heterocycles. The van der Waals surface area contributed by atoms with Gasteiger partial charge in [-0.3, -0.25) is 0 Å². The van der Waals surface area contributed by atoms with E-state index in [9.17, 15) is 0 Å². The molecule has 0 N–H and O–H groups in total. The molecule has 12 aromatic rings. The van der Waals surface area contributed by atoms with E-state index in [1.165, 1.54) is 214 Å². The van der Waals surface area contributed by atoms with Gasteiger partial charge in [0.2, 0.25) is 0 Å². The van der Waals surface area contributed by atoms with Crippen molar-refractivity contribution in [3.05, 3.63) is 412 Å². The fourth-order valence-electron chi connectivity index (χ4n) is 17.8. The van der Waals surface area contributed by atoms with Gasteiger partial charge in [0.15, 0.2) is 0 Å². The molecule has 0 heteroatoms. The summed E-state index contributed by atoms with van der Waals surface area (Å²) in [6, 6.07) is 100. The zero-order chi connectivity index (χ0) is 79.8. The van der Waals surface area contributed by atoms with Crippen molar-refractivity contribution in [3.63, 3.8) is 0 Å². The summed E-state index contributed by atoms with van der Waals surface area (Å²) in [4.78, 5) is 0. The second kappa shape index (κ2) is 34.7. The Labute approximate surface area is 672 Å². The topological polar surface area (TPSA) is 0 Å². The molecule has 0 amide bonds. The second-order valence-electron chi connectivity index (χ2n) is 36.1. The van der Waals surface area contributed by atoms with Crippen molar-refractivity contribution in [2.24, 2.45) is 11.8 Å². The molecular weight excluding hydrogens is 1330 g/mol. The minimum Gasteiger partial charge on any atom is -0.0625 e. The third-order valence-corrected chi connectivity index (χ3v) is 26.9. The first-order valence-electron chi connectivity index (χ1n) is 41.7. The minimum atomic E-state index is -0.288. The Morgan fingerprint density at radius 2 is 0.550 bits per heavy atom. The molecule has 111 heavy (non-hydrogen) atoms. The quantitative estimate of drug-likeness (QED) is 0.114. The van der Waals surface area contributed by atoms with E-state index in [4.69, 9.17) is 0 Å². The van der Waals surface area contributed by atoms with Gasteiger partial charge in [0.25, 0.3) is 0 Å². The zero-order valence-electron chi connectivity index (χ0n) is 71.9. The van der Waals surface area contributed by atoms with E-state index < -0.39 is 0 Å². The second-order valence-corrected chi connectivity index (χ2v) is 36.1. The highest BCUT2D eigenvalue weighted by atomic mass is 14.5. The Balaban J connectivity index is 0.000000139. The largest absolute Gasteiger partial charge is 0.0713 e. The molecule has 3 aliphatic rings. The van der Waals surface area contributed by atoms with Crippen molar-refractivity contribution >= 4 is 0 Å². The Morgan fingerprint density at radius 3 is 0.919 bits per heavy atom. The van der Waals surface area contributed by atoms with Crippen LogP contribution in [0.5, 0.6) is 0 Å². The van der Waals surface area contributed by atoms with Crippen LogP contribution in [-0.4, -0.2) is 0 Å². The fourth-order valence-corrected chi connectivity index (χ4v) is 17.8. The van der Waals surface area contributed by atoms with Gasteiger partial charge in [0.1, 0.15) is 0 Å². The van der Waals surface area contributed by atoms with Crippen LogP contribution >= 0.6 is 0 Å². The average molecular weight is 1460 g/mol. The van der Waals surface area contributed by atoms with Crippen LogP contribution in [0.15, 0.2) is 267 Å². The molecule has 3 aliphatic carbocycles. The Kier molecular flexibility index (Phi) is 25.8. The van der Waals surface area contributed by atoms with Crippen molar-refractivity contribution in [3.8, 4) is 11.1 Å². The van der Waals surface area contributed by atoms with E-state index in [1.807, 2.05) is 0 Å². The Hall–Kier alpha value is -9.36. The van der Waals surface area contributed by atoms with Crippen LogP contribution < -0.4 is 0 Å². The number of benzene rings is 12. The summed E-state index contributed by atoms with van der Waals surface area (Å²) < 4.78 is 0. The summed E-state index contributed by atoms with van der Waals surface area (Å²) in [7, 11) is 0. The van der Waals surface area contributed by atoms with E-state index in [0.29, 0.717) is 0 Å². The Morgan fingerprint density at radius 1 is 0.252 bits per heavy atom. The van der Waals surface area contributed by atoms with Gasteiger partial charge in [-0.25, -0.2) is 0 Å². The van der Waals surface area contributed by atoms with Crippen LogP contribution in [0.2, 0.25) is 0 Å². The number of rotatable bonds is 12. The number of hydrogen-bond donors (Lipinski definition) is 0. The normalized spacial score (nSPS) is 15.7. The van der Waals surface area contributed by atoms with Crippen LogP contribution in [-0.2, 0) is 32.5 Å². The predicted octanol–water partition coefficient (Wildman–Crippen LogP) is 30.1. The van der Waals surface area contributed by atoms with E-state index in [0.717, 1.165) is 11.8 Å². The van der Waals surface area contributed by atoms with Gasteiger partial charge in [-0.1, -0.05) is 389 Å². The maximum Gasteiger partial charge on any atom is 0.0713 e. The number of fused-ring (bicyclic) bond motifs is 3. The first-order chi connectivity index (χ1) is 52.8. The molecule has 574 valence electrons. The Bertz CT molecular complexity index is 4840. The lowest BCUT2D eigenvalue weighted by atomic mass is 9.65. The highest BCUT2D eigenvalue weighted by molar-refractivity contribution is 5.86. The molecular formula is C111H130. The minimum absolute atomic E-state index is 0.0286. The summed E-state index contributed by atoms with van der Waals surface area (Å²) in [6.45, 7) is 49.5. The molecule has 0 heterocycles. The van der Waals surface area contributed by atoms with Crippen molar-refractivity contribution in [2.75, 3.05) is 0 Å². The van der Waals surface area contributed by atoms with Gasteiger partial charge in [-0.15, -0.1) is 0 Å². The summed E-state index contributed by atoms with van der Waals surface area (Å²) in [6.07, 6.45) is 12.2. The molecule has 0 aliphatic heterocycles. The average Bonchev–Trinajstić information content (AvgIpc) is 1.54. The predicted molar refractivity (Wildman–Crippen MR) is 481 cm³/mol. The van der Waals surface area contributed by atoms with Gasteiger partial charge in [0.05, 0.1) is 5.41 Å². The summed E-state index contributed by atoms with van der Waals surface area (Å²) in [5, 5.41) is 0. The lowest BCUT2D eigenvalue weighted by Gasteiger charge is -2.40. The summed E-state index contributed by atoms with van der Waals surface area (Å²) in [5.74, 6) is 1.71. The number of hydrogen-bond acceptors (Lipinski definition) is 0. The molecule has 12 aromatic carbocycles. The van der Waals surface area contributed by atoms with E-state index in [1.54, 1.807) is 0 Å². The van der Waals surface area contributed by atoms with Crippen LogP contribution in [0.25, 0.3) is 11.1 Å². The van der Waals surface area contributed by atoms with Crippen molar-refractivity contribution in [2.45, 2.75) is 243 Å².